The van der Waals surface area contributed by atoms with Crippen LogP contribution in [0.2, 0.25) is 0 Å². The summed E-state index contributed by atoms with van der Waals surface area (Å²) in [6.07, 6.45) is 1.56. The summed E-state index contributed by atoms with van der Waals surface area (Å²) in [6, 6.07) is 5.30. The first kappa shape index (κ1) is 16.3. The number of amides is 1. The molecule has 0 aliphatic heterocycles. The Morgan fingerprint density at radius 1 is 1.13 bits per heavy atom. The van der Waals surface area contributed by atoms with E-state index in [4.69, 9.17) is 0 Å². The highest BCUT2D eigenvalue weighted by atomic mass is 19.4. The molecule has 0 saturated heterocycles. The van der Waals surface area contributed by atoms with Gasteiger partial charge < -0.3 is 5.32 Å². The van der Waals surface area contributed by atoms with Crippen LogP contribution in [-0.2, 0) is 17.4 Å². The van der Waals surface area contributed by atoms with Crippen LogP contribution < -0.4 is 5.32 Å². The Labute approximate surface area is 134 Å². The molecule has 2 saturated carbocycles. The number of fused-ring (bicyclic) bond motifs is 1. The van der Waals surface area contributed by atoms with E-state index in [0.717, 1.165) is 18.4 Å². The minimum absolute atomic E-state index is 0.0441. The van der Waals surface area contributed by atoms with Crippen molar-refractivity contribution in [2.45, 2.75) is 44.7 Å². The minimum Gasteiger partial charge on any atom is -0.356 e. The van der Waals surface area contributed by atoms with Gasteiger partial charge in [-0.1, -0.05) is 31.0 Å². The van der Waals surface area contributed by atoms with E-state index in [9.17, 15) is 18.0 Å². The molecule has 0 aromatic heterocycles. The highest BCUT2D eigenvalue weighted by molar-refractivity contribution is 5.79. The van der Waals surface area contributed by atoms with Gasteiger partial charge in [-0.25, -0.2) is 0 Å². The zero-order chi connectivity index (χ0) is 16.4. The molecule has 1 aromatic carbocycles. The molecule has 3 atom stereocenters. The van der Waals surface area contributed by atoms with Crippen LogP contribution in [-0.4, -0.2) is 12.5 Å². The number of carbonyl (C=O) groups is 1. The number of benzene rings is 1. The molecule has 0 spiro atoms. The van der Waals surface area contributed by atoms with Crippen LogP contribution in [0.25, 0.3) is 0 Å². The molecule has 2 fully saturated rings. The summed E-state index contributed by atoms with van der Waals surface area (Å²) in [5.41, 5.74) is -0.672. The highest BCUT2D eigenvalue weighted by Gasteiger charge is 2.39. The van der Waals surface area contributed by atoms with Gasteiger partial charge in [0.1, 0.15) is 0 Å². The van der Waals surface area contributed by atoms with E-state index >= 15 is 0 Å². The molecule has 0 heterocycles. The first-order valence-electron chi connectivity index (χ1n) is 8.37. The molecule has 0 unspecified atom stereocenters. The third-order valence-electron chi connectivity index (χ3n) is 5.47. The Morgan fingerprint density at radius 2 is 1.91 bits per heavy atom. The fourth-order valence-corrected chi connectivity index (χ4v) is 4.37. The van der Waals surface area contributed by atoms with E-state index in [2.05, 4.69) is 5.32 Å². The number of hydrogen-bond donors (Lipinski definition) is 1. The third-order valence-corrected chi connectivity index (χ3v) is 5.47. The molecule has 5 heteroatoms. The zero-order valence-electron chi connectivity index (χ0n) is 13.0. The van der Waals surface area contributed by atoms with Gasteiger partial charge in [0.25, 0.3) is 0 Å². The van der Waals surface area contributed by atoms with E-state index < -0.39 is 11.7 Å². The lowest BCUT2D eigenvalue weighted by atomic mass is 9.92. The van der Waals surface area contributed by atoms with Crippen molar-refractivity contribution >= 4 is 5.91 Å². The molecule has 1 aromatic rings. The maximum absolute atomic E-state index is 12.9. The molecule has 23 heavy (non-hydrogen) atoms. The highest BCUT2D eigenvalue weighted by Crippen LogP contribution is 2.47. The van der Waals surface area contributed by atoms with Crippen LogP contribution in [0, 0.1) is 17.8 Å². The van der Waals surface area contributed by atoms with Crippen molar-refractivity contribution in [3.63, 3.8) is 0 Å². The molecule has 0 radical (unpaired) electrons. The fourth-order valence-electron chi connectivity index (χ4n) is 4.37. The van der Waals surface area contributed by atoms with E-state index in [1.54, 1.807) is 0 Å². The topological polar surface area (TPSA) is 29.1 Å². The van der Waals surface area contributed by atoms with E-state index in [1.165, 1.54) is 43.9 Å². The fraction of sp³-hybridized carbons (Fsp3) is 0.611. The van der Waals surface area contributed by atoms with Crippen molar-refractivity contribution in [2.24, 2.45) is 17.8 Å². The number of alkyl halides is 3. The Hall–Kier alpha value is -1.52. The van der Waals surface area contributed by atoms with Crippen LogP contribution >= 0.6 is 0 Å². The molecule has 2 aliphatic rings. The second-order valence-electron chi connectivity index (χ2n) is 6.83. The van der Waals surface area contributed by atoms with Crippen LogP contribution in [0.3, 0.4) is 0 Å². The average molecular weight is 325 g/mol. The summed E-state index contributed by atoms with van der Waals surface area (Å²) in [7, 11) is 0. The molecular formula is C18H22F3NO. The SMILES string of the molecule is O=C(Cc1ccccc1C(F)(F)F)NC[C@H]1CC[C@@H]2CCC[C@@H]21. The van der Waals surface area contributed by atoms with Crippen molar-refractivity contribution in [2.75, 3.05) is 6.54 Å². The molecule has 1 amide bonds. The second-order valence-corrected chi connectivity index (χ2v) is 6.83. The lowest BCUT2D eigenvalue weighted by molar-refractivity contribution is -0.138. The quantitative estimate of drug-likeness (QED) is 0.883. The minimum atomic E-state index is -4.42. The normalized spacial score (nSPS) is 27.0. The summed E-state index contributed by atoms with van der Waals surface area (Å²) >= 11 is 0. The summed E-state index contributed by atoms with van der Waals surface area (Å²) in [5, 5.41) is 2.86. The number of halogens is 3. The van der Waals surface area contributed by atoms with Gasteiger partial charge in [-0.15, -0.1) is 0 Å². The van der Waals surface area contributed by atoms with Crippen molar-refractivity contribution < 1.29 is 18.0 Å². The van der Waals surface area contributed by atoms with Crippen LogP contribution in [0.15, 0.2) is 24.3 Å². The number of carbonyl (C=O) groups excluding carboxylic acids is 1. The first-order chi connectivity index (χ1) is 10.9. The van der Waals surface area contributed by atoms with Gasteiger partial charge in [-0.3, -0.25) is 4.79 Å². The number of hydrogen-bond acceptors (Lipinski definition) is 1. The maximum atomic E-state index is 12.9. The summed E-state index contributed by atoms with van der Waals surface area (Å²) in [4.78, 5) is 12.1. The number of rotatable bonds is 4. The predicted molar refractivity (Wildman–Crippen MR) is 81.7 cm³/mol. The molecule has 1 N–H and O–H groups in total. The maximum Gasteiger partial charge on any atom is 0.416 e. The van der Waals surface area contributed by atoms with E-state index in [1.807, 2.05) is 0 Å². The van der Waals surface area contributed by atoms with E-state index in [-0.39, 0.29) is 17.9 Å². The summed E-state index contributed by atoms with van der Waals surface area (Å²) < 4.78 is 38.8. The van der Waals surface area contributed by atoms with Gasteiger partial charge >= 0.3 is 6.18 Å². The van der Waals surface area contributed by atoms with Gasteiger partial charge in [0.2, 0.25) is 5.91 Å². The predicted octanol–water partition coefficient (Wildman–Crippen LogP) is 4.19. The Morgan fingerprint density at radius 3 is 2.70 bits per heavy atom. The van der Waals surface area contributed by atoms with Gasteiger partial charge in [-0.05, 0) is 48.6 Å². The third kappa shape index (κ3) is 3.70. The van der Waals surface area contributed by atoms with Crippen LogP contribution in [0.5, 0.6) is 0 Å². The second kappa shape index (κ2) is 6.54. The molecule has 3 rings (SSSR count). The largest absolute Gasteiger partial charge is 0.416 e. The van der Waals surface area contributed by atoms with Gasteiger partial charge in [0, 0.05) is 6.54 Å². The van der Waals surface area contributed by atoms with Crippen molar-refractivity contribution in [1.29, 1.82) is 0 Å². The van der Waals surface area contributed by atoms with Gasteiger partial charge in [-0.2, -0.15) is 13.2 Å². The van der Waals surface area contributed by atoms with Crippen molar-refractivity contribution in [3.8, 4) is 0 Å². The molecule has 2 aliphatic carbocycles. The molecule has 126 valence electrons. The number of nitrogens with one attached hydrogen (secondary N) is 1. The van der Waals surface area contributed by atoms with Crippen LogP contribution in [0.1, 0.15) is 43.2 Å². The summed E-state index contributed by atoms with van der Waals surface area (Å²) in [6.45, 7) is 0.605. The Bertz CT molecular complexity index is 570. The smallest absolute Gasteiger partial charge is 0.356 e. The van der Waals surface area contributed by atoms with Crippen molar-refractivity contribution in [3.05, 3.63) is 35.4 Å². The van der Waals surface area contributed by atoms with Crippen molar-refractivity contribution in [1.82, 2.24) is 5.32 Å². The molecule has 2 nitrogen and oxygen atoms in total. The average Bonchev–Trinajstić information content (AvgIpc) is 3.08. The Kier molecular flexibility index (Phi) is 4.64. The van der Waals surface area contributed by atoms with Gasteiger partial charge in [0.05, 0.1) is 12.0 Å². The lowest BCUT2D eigenvalue weighted by Crippen LogP contribution is -2.32. The van der Waals surface area contributed by atoms with Crippen LogP contribution in [0.4, 0.5) is 13.2 Å². The monoisotopic (exact) mass is 325 g/mol. The molecule has 0 bridgehead atoms. The summed E-state index contributed by atoms with van der Waals surface area (Å²) in [5.74, 6) is 1.70. The zero-order valence-corrected chi connectivity index (χ0v) is 13.0. The van der Waals surface area contributed by atoms with Gasteiger partial charge in [0.15, 0.2) is 0 Å². The Balaban J connectivity index is 1.56. The lowest BCUT2D eigenvalue weighted by Gasteiger charge is -2.19. The molecular weight excluding hydrogens is 303 g/mol. The first-order valence-corrected chi connectivity index (χ1v) is 8.37. The van der Waals surface area contributed by atoms with E-state index in [0.29, 0.717) is 18.4 Å². The standard InChI is InChI=1S/C18H22F3NO/c19-18(20,21)16-7-2-1-4-13(16)10-17(23)22-11-14-9-8-12-5-3-6-15(12)14/h1-2,4,7,12,14-15H,3,5-6,8-11H2,(H,22,23)/t12-,14+,15-/m0/s1.